The third-order valence-corrected chi connectivity index (χ3v) is 5.57. The van der Waals surface area contributed by atoms with Gasteiger partial charge in [-0.25, -0.2) is 9.79 Å². The molecule has 0 spiro atoms. The predicted octanol–water partition coefficient (Wildman–Crippen LogP) is 6.14. The van der Waals surface area contributed by atoms with E-state index in [1.165, 1.54) is 0 Å². The van der Waals surface area contributed by atoms with Crippen LogP contribution in [0.5, 0.6) is 11.5 Å². The summed E-state index contributed by atoms with van der Waals surface area (Å²) in [5.41, 5.74) is 2.75. The maximum atomic E-state index is 12.3. The highest BCUT2D eigenvalue weighted by Gasteiger charge is 2.24. The summed E-state index contributed by atoms with van der Waals surface area (Å²) in [4.78, 5) is 16.6. The summed E-state index contributed by atoms with van der Waals surface area (Å²) in [6, 6.07) is 20.8. The first-order chi connectivity index (χ1) is 15.0. The lowest BCUT2D eigenvalue weighted by atomic mass is 10.1. The summed E-state index contributed by atoms with van der Waals surface area (Å²) in [6.07, 6.45) is 1.66. The van der Waals surface area contributed by atoms with Gasteiger partial charge in [0.1, 0.15) is 6.61 Å². The molecule has 31 heavy (non-hydrogen) atoms. The van der Waals surface area contributed by atoms with E-state index in [1.54, 1.807) is 19.3 Å². The quantitative estimate of drug-likeness (QED) is 0.277. The molecule has 1 heterocycles. The van der Waals surface area contributed by atoms with E-state index in [9.17, 15) is 4.79 Å². The van der Waals surface area contributed by atoms with Gasteiger partial charge in [0, 0.05) is 14.5 Å². The lowest BCUT2D eigenvalue weighted by molar-refractivity contribution is -0.129. The Bertz CT molecular complexity index is 1170. The van der Waals surface area contributed by atoms with Gasteiger partial charge in [0.25, 0.3) is 0 Å². The molecule has 0 aliphatic carbocycles. The molecule has 3 aromatic rings. The number of halogens is 2. The molecule has 1 aliphatic heterocycles. The second kappa shape index (κ2) is 9.49. The van der Waals surface area contributed by atoms with Crippen LogP contribution in [0.25, 0.3) is 6.08 Å². The molecule has 0 bridgehead atoms. The van der Waals surface area contributed by atoms with Crippen molar-refractivity contribution in [3.63, 3.8) is 0 Å². The van der Waals surface area contributed by atoms with Gasteiger partial charge in [0.15, 0.2) is 17.2 Å². The number of nitrogens with zero attached hydrogens (tertiary/aromatic N) is 1. The fourth-order valence-corrected chi connectivity index (χ4v) is 3.45. The van der Waals surface area contributed by atoms with Crippen LogP contribution in [-0.4, -0.2) is 19.0 Å². The third kappa shape index (κ3) is 5.24. The molecule has 5 nitrogen and oxygen atoms in total. The molecule has 7 heteroatoms. The summed E-state index contributed by atoms with van der Waals surface area (Å²) in [6.45, 7) is 0.414. The normalized spacial score (nSPS) is 14.4. The summed E-state index contributed by atoms with van der Waals surface area (Å²) in [7, 11) is 1.58. The number of rotatable bonds is 6. The van der Waals surface area contributed by atoms with E-state index >= 15 is 0 Å². The van der Waals surface area contributed by atoms with Gasteiger partial charge in [-0.1, -0.05) is 50.1 Å². The first kappa shape index (κ1) is 21.3. The Morgan fingerprint density at radius 2 is 1.61 bits per heavy atom. The molecule has 0 fully saturated rings. The predicted molar refractivity (Wildman–Crippen MR) is 126 cm³/mol. The third-order valence-electron chi connectivity index (χ3n) is 4.51. The molecule has 0 aromatic heterocycles. The minimum atomic E-state index is -0.493. The van der Waals surface area contributed by atoms with E-state index in [2.05, 4.69) is 36.9 Å². The number of methoxy groups -OCH3 is 1. The van der Waals surface area contributed by atoms with Gasteiger partial charge in [-0.15, -0.1) is 0 Å². The van der Waals surface area contributed by atoms with Gasteiger partial charge in [-0.2, -0.15) is 0 Å². The van der Waals surface area contributed by atoms with Crippen LogP contribution in [0, 0.1) is 0 Å². The highest BCUT2D eigenvalue weighted by molar-refractivity contribution is 9.10. The molecule has 1 aliphatic rings. The molecular formula is C24H17Br2NO4. The summed E-state index contributed by atoms with van der Waals surface area (Å²) in [5, 5.41) is 0. The summed E-state index contributed by atoms with van der Waals surface area (Å²) in [5.74, 6) is 0.966. The first-order valence-electron chi connectivity index (χ1n) is 9.35. The van der Waals surface area contributed by atoms with Gasteiger partial charge in [0.05, 0.1) is 7.11 Å². The molecule has 156 valence electrons. The molecule has 0 atom stereocenters. The maximum absolute atomic E-state index is 12.3. The standard InChI is InChI=1S/C24H17Br2NO4/c1-29-22-13-16(4-11-21(22)30-14-15-2-7-18(25)8-3-15)12-20-24(28)31-23(27-20)17-5-9-19(26)10-6-17/h2-13H,14H2,1H3/b20-12-. The molecule has 0 amide bonds. The van der Waals surface area contributed by atoms with Crippen molar-refractivity contribution in [3.05, 3.63) is 98.1 Å². The number of hydrogen-bond acceptors (Lipinski definition) is 5. The van der Waals surface area contributed by atoms with E-state index in [4.69, 9.17) is 14.2 Å². The number of esters is 1. The van der Waals surface area contributed by atoms with Crippen LogP contribution in [0.1, 0.15) is 16.7 Å². The fourth-order valence-electron chi connectivity index (χ4n) is 2.92. The van der Waals surface area contributed by atoms with Crippen molar-refractivity contribution in [2.45, 2.75) is 6.61 Å². The smallest absolute Gasteiger partial charge is 0.363 e. The van der Waals surface area contributed by atoms with Crippen LogP contribution in [0.3, 0.4) is 0 Å². The highest BCUT2D eigenvalue weighted by Crippen LogP contribution is 2.30. The monoisotopic (exact) mass is 541 g/mol. The molecule has 0 saturated carbocycles. The van der Waals surface area contributed by atoms with Crippen LogP contribution >= 0.6 is 31.9 Å². The van der Waals surface area contributed by atoms with E-state index in [0.29, 0.717) is 18.1 Å². The number of benzene rings is 3. The van der Waals surface area contributed by atoms with Crippen molar-refractivity contribution in [2.24, 2.45) is 4.99 Å². The van der Waals surface area contributed by atoms with Gasteiger partial charge in [0.2, 0.25) is 5.90 Å². The van der Waals surface area contributed by atoms with Crippen molar-refractivity contribution in [2.75, 3.05) is 7.11 Å². The van der Waals surface area contributed by atoms with Crippen LogP contribution in [0.2, 0.25) is 0 Å². The average molecular weight is 543 g/mol. The second-order valence-corrected chi connectivity index (χ2v) is 8.50. The Kier molecular flexibility index (Phi) is 6.53. The first-order valence-corrected chi connectivity index (χ1v) is 10.9. The van der Waals surface area contributed by atoms with E-state index in [0.717, 1.165) is 25.6 Å². The van der Waals surface area contributed by atoms with Gasteiger partial charge >= 0.3 is 5.97 Å². The van der Waals surface area contributed by atoms with Crippen molar-refractivity contribution in [1.82, 2.24) is 0 Å². The molecule has 0 radical (unpaired) electrons. The SMILES string of the molecule is COc1cc(/C=C2\N=C(c3ccc(Br)cc3)OC2=O)ccc1OCc1ccc(Br)cc1. The Morgan fingerprint density at radius 3 is 2.29 bits per heavy atom. The highest BCUT2D eigenvalue weighted by atomic mass is 79.9. The second-order valence-electron chi connectivity index (χ2n) is 6.67. The van der Waals surface area contributed by atoms with Crippen molar-refractivity contribution in [1.29, 1.82) is 0 Å². The summed E-state index contributed by atoms with van der Waals surface area (Å²) < 4.78 is 18.6. The zero-order valence-electron chi connectivity index (χ0n) is 16.5. The number of carbonyl (C=O) groups is 1. The van der Waals surface area contributed by atoms with Crippen LogP contribution in [0.4, 0.5) is 0 Å². The van der Waals surface area contributed by atoms with Crippen molar-refractivity contribution in [3.8, 4) is 11.5 Å². The molecule has 0 unspecified atom stereocenters. The number of ether oxygens (including phenoxy) is 3. The number of cyclic esters (lactones) is 1. The molecule has 0 saturated heterocycles. The van der Waals surface area contributed by atoms with Crippen LogP contribution < -0.4 is 9.47 Å². The van der Waals surface area contributed by atoms with Crippen molar-refractivity contribution < 1.29 is 19.0 Å². The Labute approximate surface area is 196 Å². The number of carbonyl (C=O) groups excluding carboxylic acids is 1. The zero-order chi connectivity index (χ0) is 21.8. The fraction of sp³-hybridized carbons (Fsp3) is 0.0833. The zero-order valence-corrected chi connectivity index (χ0v) is 19.6. The Balaban J connectivity index is 1.52. The Hall–Kier alpha value is -2.90. The van der Waals surface area contributed by atoms with E-state index < -0.39 is 5.97 Å². The van der Waals surface area contributed by atoms with Crippen molar-refractivity contribution >= 4 is 49.8 Å². The van der Waals surface area contributed by atoms with Crippen LogP contribution in [0.15, 0.2) is 86.4 Å². The van der Waals surface area contributed by atoms with Gasteiger partial charge in [-0.3, -0.25) is 0 Å². The van der Waals surface area contributed by atoms with E-state index in [1.807, 2.05) is 60.7 Å². The number of hydrogen-bond donors (Lipinski definition) is 0. The molecule has 4 rings (SSSR count). The molecular weight excluding hydrogens is 526 g/mol. The number of aliphatic imine (C=N–C) groups is 1. The average Bonchev–Trinajstić information content (AvgIpc) is 3.14. The summed E-state index contributed by atoms with van der Waals surface area (Å²) >= 11 is 6.81. The van der Waals surface area contributed by atoms with Crippen LogP contribution in [-0.2, 0) is 16.1 Å². The molecule has 0 N–H and O–H groups in total. The largest absolute Gasteiger partial charge is 0.493 e. The minimum absolute atomic E-state index is 0.225. The molecule has 3 aromatic carbocycles. The minimum Gasteiger partial charge on any atom is -0.493 e. The maximum Gasteiger partial charge on any atom is 0.363 e. The lowest BCUT2D eigenvalue weighted by Gasteiger charge is -2.11. The topological polar surface area (TPSA) is 57.1 Å². The van der Waals surface area contributed by atoms with E-state index in [-0.39, 0.29) is 11.6 Å². The van der Waals surface area contributed by atoms with Gasteiger partial charge < -0.3 is 14.2 Å². The van der Waals surface area contributed by atoms with Gasteiger partial charge in [-0.05, 0) is 65.7 Å². The lowest BCUT2D eigenvalue weighted by Crippen LogP contribution is -2.05. The Morgan fingerprint density at radius 1 is 0.935 bits per heavy atom.